The number of halogens is 5. The lowest BCUT2D eigenvalue weighted by Crippen LogP contribution is -2.21. The first-order valence-electron chi connectivity index (χ1n) is 11.1. The molecule has 0 aliphatic rings. The predicted molar refractivity (Wildman–Crippen MR) is 136 cm³/mol. The van der Waals surface area contributed by atoms with Crippen LogP contribution in [0.3, 0.4) is 0 Å². The van der Waals surface area contributed by atoms with Crippen molar-refractivity contribution in [2.24, 2.45) is 0 Å². The Balaban J connectivity index is 1.37. The molecule has 0 aliphatic heterocycles. The van der Waals surface area contributed by atoms with Crippen LogP contribution in [0.2, 0.25) is 5.02 Å². The van der Waals surface area contributed by atoms with Crippen molar-refractivity contribution in [1.29, 1.82) is 0 Å². The molecule has 2 amide bonds. The summed E-state index contributed by atoms with van der Waals surface area (Å²) >= 11 is 5.59. The molecule has 196 valence electrons. The molecule has 0 bridgehead atoms. The highest BCUT2D eigenvalue weighted by Crippen LogP contribution is 2.36. The van der Waals surface area contributed by atoms with Crippen molar-refractivity contribution in [2.45, 2.75) is 6.18 Å². The number of imidazole rings is 1. The van der Waals surface area contributed by atoms with E-state index in [1.54, 1.807) is 29.2 Å². The zero-order valence-corrected chi connectivity index (χ0v) is 20.3. The van der Waals surface area contributed by atoms with Gasteiger partial charge in [0.05, 0.1) is 39.1 Å². The van der Waals surface area contributed by atoms with Gasteiger partial charge < -0.3 is 10.6 Å². The van der Waals surface area contributed by atoms with Crippen LogP contribution in [-0.2, 0) is 6.18 Å². The summed E-state index contributed by atoms with van der Waals surface area (Å²) in [6.45, 7) is 0. The first-order chi connectivity index (χ1) is 18.6. The van der Waals surface area contributed by atoms with Gasteiger partial charge in [-0.15, -0.1) is 0 Å². The number of anilines is 2. The van der Waals surface area contributed by atoms with E-state index in [0.717, 1.165) is 12.1 Å². The summed E-state index contributed by atoms with van der Waals surface area (Å²) in [5.74, 6) is -1.24. The quantitative estimate of drug-likeness (QED) is 0.191. The second kappa shape index (κ2) is 10.1. The smallest absolute Gasteiger partial charge is 0.308 e. The number of alkyl halides is 3. The van der Waals surface area contributed by atoms with Gasteiger partial charge >= 0.3 is 12.2 Å². The SMILES string of the molecule is O=C(Nc1ccc(Cl)c(C(F)(F)F)c1)Nc1cccc(C(=O)c2ccc3ncc(-n4ccnc4)nc3c2)c1F. The fourth-order valence-corrected chi connectivity index (χ4v) is 3.95. The van der Waals surface area contributed by atoms with Crippen molar-refractivity contribution in [3.8, 4) is 5.82 Å². The third kappa shape index (κ3) is 5.41. The average molecular weight is 555 g/mol. The summed E-state index contributed by atoms with van der Waals surface area (Å²) < 4.78 is 56.2. The van der Waals surface area contributed by atoms with Crippen molar-refractivity contribution in [2.75, 3.05) is 10.6 Å². The van der Waals surface area contributed by atoms with Gasteiger partial charge in [-0.3, -0.25) is 14.3 Å². The number of aromatic nitrogens is 4. The second-order valence-corrected chi connectivity index (χ2v) is 8.58. The Kier molecular flexibility index (Phi) is 6.71. The molecule has 13 heteroatoms. The highest BCUT2D eigenvalue weighted by Gasteiger charge is 2.33. The number of hydrogen-bond acceptors (Lipinski definition) is 5. The molecule has 39 heavy (non-hydrogen) atoms. The van der Waals surface area contributed by atoms with Gasteiger partial charge in [0.15, 0.2) is 17.4 Å². The first kappa shape index (κ1) is 25.8. The van der Waals surface area contributed by atoms with Gasteiger partial charge in [-0.1, -0.05) is 17.7 Å². The zero-order valence-electron chi connectivity index (χ0n) is 19.5. The molecule has 5 aromatic rings. The largest absolute Gasteiger partial charge is 0.417 e. The number of amides is 2. The van der Waals surface area contributed by atoms with Crippen LogP contribution in [0.1, 0.15) is 21.5 Å². The van der Waals surface area contributed by atoms with Gasteiger partial charge in [0.1, 0.15) is 6.33 Å². The summed E-state index contributed by atoms with van der Waals surface area (Å²) in [5, 5.41) is 3.86. The third-order valence-electron chi connectivity index (χ3n) is 5.58. The maximum absolute atomic E-state index is 15.3. The Bertz CT molecular complexity index is 1720. The predicted octanol–water partition coefficient (Wildman–Crippen LogP) is 6.50. The van der Waals surface area contributed by atoms with Crippen LogP contribution in [0.25, 0.3) is 16.9 Å². The highest BCUT2D eigenvalue weighted by molar-refractivity contribution is 6.31. The Morgan fingerprint density at radius 3 is 2.54 bits per heavy atom. The summed E-state index contributed by atoms with van der Waals surface area (Å²) in [5.41, 5.74) is -1.02. The van der Waals surface area contributed by atoms with Crippen LogP contribution in [0.5, 0.6) is 0 Å². The Hall–Kier alpha value is -4.84. The number of ketones is 1. The van der Waals surface area contributed by atoms with Gasteiger partial charge in [-0.25, -0.2) is 19.2 Å². The molecule has 0 spiro atoms. The van der Waals surface area contributed by atoms with Crippen molar-refractivity contribution in [3.05, 3.63) is 107 Å². The number of nitrogens with zero attached hydrogens (tertiary/aromatic N) is 4. The molecular formula is C26H15ClF4N6O2. The lowest BCUT2D eigenvalue weighted by molar-refractivity contribution is -0.137. The number of urea groups is 1. The maximum Gasteiger partial charge on any atom is 0.417 e. The fraction of sp³-hybridized carbons (Fsp3) is 0.0385. The topological polar surface area (TPSA) is 102 Å². The van der Waals surface area contributed by atoms with Gasteiger partial charge in [-0.2, -0.15) is 13.2 Å². The Morgan fingerprint density at radius 1 is 0.974 bits per heavy atom. The van der Waals surface area contributed by atoms with E-state index in [4.69, 9.17) is 11.6 Å². The van der Waals surface area contributed by atoms with Gasteiger partial charge in [0.2, 0.25) is 0 Å². The van der Waals surface area contributed by atoms with Crippen molar-refractivity contribution in [3.63, 3.8) is 0 Å². The van der Waals surface area contributed by atoms with Crippen LogP contribution in [0.4, 0.5) is 33.7 Å². The van der Waals surface area contributed by atoms with Gasteiger partial charge in [0.25, 0.3) is 0 Å². The van der Waals surface area contributed by atoms with Crippen LogP contribution >= 0.6 is 11.6 Å². The number of hydrogen-bond donors (Lipinski definition) is 2. The molecule has 0 fully saturated rings. The molecular weight excluding hydrogens is 540 g/mol. The normalized spacial score (nSPS) is 11.4. The summed E-state index contributed by atoms with van der Waals surface area (Å²) in [4.78, 5) is 38.3. The standard InChI is InChI=1S/C26H15ClF4N6O2/c27-18-6-5-15(11-17(18)26(29,30)31)34-25(39)36-20-3-1-2-16(23(20)28)24(38)14-4-7-19-21(10-14)35-22(12-33-19)37-9-8-32-13-37/h1-13H,(H2,34,36,39). The minimum Gasteiger partial charge on any atom is -0.308 e. The van der Waals surface area contributed by atoms with E-state index < -0.39 is 34.4 Å². The van der Waals surface area contributed by atoms with E-state index >= 15 is 4.39 Å². The molecule has 0 radical (unpaired) electrons. The molecule has 0 saturated carbocycles. The van der Waals surface area contributed by atoms with Crippen molar-refractivity contribution in [1.82, 2.24) is 19.5 Å². The number of benzene rings is 3. The summed E-state index contributed by atoms with van der Waals surface area (Å²) in [6.07, 6.45) is 1.60. The molecule has 8 nitrogen and oxygen atoms in total. The van der Waals surface area contributed by atoms with Crippen LogP contribution in [-0.4, -0.2) is 31.3 Å². The van der Waals surface area contributed by atoms with E-state index in [1.807, 2.05) is 0 Å². The molecule has 3 aromatic carbocycles. The number of carbonyl (C=O) groups is 2. The minimum atomic E-state index is -4.73. The molecule has 2 aromatic heterocycles. The van der Waals surface area contributed by atoms with E-state index in [9.17, 15) is 22.8 Å². The second-order valence-electron chi connectivity index (χ2n) is 8.17. The molecule has 5 rings (SSSR count). The molecule has 0 saturated heterocycles. The van der Waals surface area contributed by atoms with Crippen molar-refractivity contribution < 1.29 is 27.2 Å². The van der Waals surface area contributed by atoms with E-state index in [-0.39, 0.29) is 22.5 Å². The number of nitrogens with one attached hydrogen (secondary N) is 2. The first-order valence-corrected chi connectivity index (χ1v) is 11.5. The summed E-state index contributed by atoms with van der Waals surface area (Å²) in [6, 6.07) is 10.1. The molecule has 0 unspecified atom stereocenters. The van der Waals surface area contributed by atoms with E-state index in [1.165, 1.54) is 36.7 Å². The number of rotatable bonds is 5. The van der Waals surface area contributed by atoms with Crippen LogP contribution in [0.15, 0.2) is 79.5 Å². The molecule has 0 aliphatic carbocycles. The van der Waals surface area contributed by atoms with Crippen LogP contribution in [0, 0.1) is 5.82 Å². The molecule has 2 heterocycles. The van der Waals surface area contributed by atoms with Gasteiger partial charge in [0, 0.05) is 23.6 Å². The Labute approximate surface area is 222 Å². The van der Waals surface area contributed by atoms with Crippen LogP contribution < -0.4 is 10.6 Å². The molecule has 0 atom stereocenters. The summed E-state index contributed by atoms with van der Waals surface area (Å²) in [7, 11) is 0. The fourth-order valence-electron chi connectivity index (χ4n) is 3.73. The minimum absolute atomic E-state index is 0.126. The average Bonchev–Trinajstić information content (AvgIpc) is 3.44. The lowest BCUT2D eigenvalue weighted by atomic mass is 10.0. The zero-order chi connectivity index (χ0) is 27.7. The van der Waals surface area contributed by atoms with Gasteiger partial charge in [-0.05, 0) is 48.5 Å². The lowest BCUT2D eigenvalue weighted by Gasteiger charge is -2.13. The van der Waals surface area contributed by atoms with E-state index in [2.05, 4.69) is 25.6 Å². The number of carbonyl (C=O) groups excluding carboxylic acids is 2. The third-order valence-corrected chi connectivity index (χ3v) is 5.91. The maximum atomic E-state index is 15.3. The highest BCUT2D eigenvalue weighted by atomic mass is 35.5. The van der Waals surface area contributed by atoms with E-state index in [0.29, 0.717) is 22.9 Å². The Morgan fingerprint density at radius 2 is 1.79 bits per heavy atom. The molecule has 2 N–H and O–H groups in total. The number of fused-ring (bicyclic) bond motifs is 1. The monoisotopic (exact) mass is 554 g/mol. The van der Waals surface area contributed by atoms with Crippen molar-refractivity contribution >= 4 is 45.8 Å².